The summed E-state index contributed by atoms with van der Waals surface area (Å²) in [5.74, 6) is 0.600. The first-order chi connectivity index (χ1) is 16.9. The zero-order valence-corrected chi connectivity index (χ0v) is 20.5. The second-order valence-electron chi connectivity index (χ2n) is 8.24. The maximum Gasteiger partial charge on any atom is 0.265 e. The number of para-hydroxylation sites is 3. The lowest BCUT2D eigenvalue weighted by atomic mass is 10.2. The van der Waals surface area contributed by atoms with E-state index >= 15 is 0 Å². The second-order valence-corrected chi connectivity index (χ2v) is 9.90. The van der Waals surface area contributed by atoms with Crippen molar-refractivity contribution in [2.24, 2.45) is 0 Å². The predicted octanol–water partition coefficient (Wildman–Crippen LogP) is 4.50. The molecular formula is C26H29N3O5S. The second kappa shape index (κ2) is 10.7. The van der Waals surface area contributed by atoms with E-state index in [1.165, 1.54) is 13.2 Å². The highest BCUT2D eigenvalue weighted by atomic mass is 32.2. The lowest BCUT2D eigenvalue weighted by Crippen LogP contribution is -2.30. The largest absolute Gasteiger partial charge is 0.495 e. The zero-order valence-electron chi connectivity index (χ0n) is 19.7. The van der Waals surface area contributed by atoms with E-state index in [4.69, 9.17) is 9.47 Å². The third kappa shape index (κ3) is 5.86. The molecule has 0 spiro atoms. The Balaban J connectivity index is 1.61. The molecule has 8 nitrogen and oxygen atoms in total. The van der Waals surface area contributed by atoms with Gasteiger partial charge in [0, 0.05) is 18.8 Å². The van der Waals surface area contributed by atoms with Gasteiger partial charge in [-0.3, -0.25) is 9.52 Å². The molecule has 1 atom stereocenters. The minimum Gasteiger partial charge on any atom is -0.495 e. The zero-order chi connectivity index (χ0) is 24.8. The van der Waals surface area contributed by atoms with E-state index in [0.29, 0.717) is 28.6 Å². The van der Waals surface area contributed by atoms with Crippen LogP contribution in [0.2, 0.25) is 0 Å². The van der Waals surface area contributed by atoms with Crippen LogP contribution in [0.5, 0.6) is 11.5 Å². The molecule has 2 N–H and O–H groups in total. The van der Waals surface area contributed by atoms with Gasteiger partial charge in [-0.05, 0) is 62.2 Å². The van der Waals surface area contributed by atoms with Crippen LogP contribution < -0.4 is 24.4 Å². The molecule has 1 fully saturated rings. The molecule has 184 valence electrons. The lowest BCUT2D eigenvalue weighted by molar-refractivity contribution is -0.122. The summed E-state index contributed by atoms with van der Waals surface area (Å²) in [5.41, 5.74) is 1.29. The molecule has 0 bridgehead atoms. The van der Waals surface area contributed by atoms with Gasteiger partial charge < -0.3 is 19.7 Å². The van der Waals surface area contributed by atoms with Crippen LogP contribution in [0.15, 0.2) is 77.7 Å². The van der Waals surface area contributed by atoms with Crippen molar-refractivity contribution in [3.63, 3.8) is 0 Å². The summed E-state index contributed by atoms with van der Waals surface area (Å²) < 4.78 is 40.7. The summed E-state index contributed by atoms with van der Waals surface area (Å²) in [6, 6.07) is 20.8. The Morgan fingerprint density at radius 1 is 0.971 bits per heavy atom. The van der Waals surface area contributed by atoms with Crippen LogP contribution in [0.1, 0.15) is 19.8 Å². The van der Waals surface area contributed by atoms with Crippen LogP contribution in [-0.4, -0.2) is 40.6 Å². The SMILES string of the molecule is COc1ccccc1NS(=O)(=O)c1cc(NC(=O)C(C)Oc2ccccc2)ccc1N1CCCC1. The van der Waals surface area contributed by atoms with Crippen molar-refractivity contribution in [3.05, 3.63) is 72.8 Å². The Bertz CT molecular complexity index is 1280. The molecule has 3 aromatic rings. The first-order valence-electron chi connectivity index (χ1n) is 11.4. The van der Waals surface area contributed by atoms with Crippen molar-refractivity contribution in [1.82, 2.24) is 0 Å². The van der Waals surface area contributed by atoms with Gasteiger partial charge in [0.25, 0.3) is 15.9 Å². The molecule has 1 amide bonds. The molecule has 1 aliphatic rings. The molecule has 0 radical (unpaired) electrons. The van der Waals surface area contributed by atoms with E-state index in [9.17, 15) is 13.2 Å². The quantitative estimate of drug-likeness (QED) is 0.454. The summed E-state index contributed by atoms with van der Waals surface area (Å²) in [5, 5.41) is 2.78. The van der Waals surface area contributed by atoms with Crippen LogP contribution in [0.25, 0.3) is 0 Å². The summed E-state index contributed by atoms with van der Waals surface area (Å²) in [6.45, 7) is 3.18. The van der Waals surface area contributed by atoms with Gasteiger partial charge >= 0.3 is 0 Å². The van der Waals surface area contributed by atoms with Crippen LogP contribution in [0.3, 0.4) is 0 Å². The van der Waals surface area contributed by atoms with E-state index in [0.717, 1.165) is 25.9 Å². The fourth-order valence-electron chi connectivity index (χ4n) is 3.96. The number of carbonyl (C=O) groups excluding carboxylic acids is 1. The Labute approximate surface area is 205 Å². The number of hydrogen-bond donors (Lipinski definition) is 2. The number of nitrogens with one attached hydrogen (secondary N) is 2. The number of rotatable bonds is 9. The van der Waals surface area contributed by atoms with Crippen molar-refractivity contribution < 1.29 is 22.7 Å². The maximum absolute atomic E-state index is 13.5. The van der Waals surface area contributed by atoms with Crippen LogP contribution in [-0.2, 0) is 14.8 Å². The number of hydrogen-bond acceptors (Lipinski definition) is 6. The van der Waals surface area contributed by atoms with Crippen molar-refractivity contribution in [2.75, 3.05) is 35.1 Å². The normalized spacial score (nSPS) is 14.3. The summed E-state index contributed by atoms with van der Waals surface area (Å²) in [4.78, 5) is 14.9. The fraction of sp³-hybridized carbons (Fsp3) is 0.269. The van der Waals surface area contributed by atoms with Gasteiger partial charge in [0.15, 0.2) is 6.10 Å². The molecule has 1 aliphatic heterocycles. The molecular weight excluding hydrogens is 466 g/mol. The molecule has 0 saturated carbocycles. The minimum absolute atomic E-state index is 0.0831. The highest BCUT2D eigenvalue weighted by Gasteiger charge is 2.26. The Kier molecular flexibility index (Phi) is 7.45. The number of carbonyl (C=O) groups is 1. The summed E-state index contributed by atoms with van der Waals surface area (Å²) >= 11 is 0. The molecule has 4 rings (SSSR count). The molecule has 0 aliphatic carbocycles. The topological polar surface area (TPSA) is 97.0 Å². The molecule has 1 saturated heterocycles. The van der Waals surface area contributed by atoms with Gasteiger partial charge in [-0.25, -0.2) is 8.42 Å². The standard InChI is InChI=1S/C26H29N3O5S/c1-19(34-21-10-4-3-5-11-21)26(30)27-20-14-15-23(29-16-8-9-17-29)25(18-20)35(31,32)28-22-12-6-7-13-24(22)33-2/h3-7,10-15,18-19,28H,8-9,16-17H2,1-2H3,(H,27,30). The number of nitrogens with zero attached hydrogens (tertiary/aromatic N) is 1. The molecule has 1 heterocycles. The molecule has 0 aromatic heterocycles. The average Bonchev–Trinajstić information content (AvgIpc) is 3.39. The maximum atomic E-state index is 13.5. The Hall–Kier alpha value is -3.72. The van der Waals surface area contributed by atoms with Crippen molar-refractivity contribution in [3.8, 4) is 11.5 Å². The highest BCUT2D eigenvalue weighted by Crippen LogP contribution is 2.34. The molecule has 3 aromatic carbocycles. The number of ether oxygens (including phenoxy) is 2. The third-order valence-corrected chi connectivity index (χ3v) is 7.13. The summed E-state index contributed by atoms with van der Waals surface area (Å²) in [6.07, 6.45) is 1.21. The Morgan fingerprint density at radius 3 is 2.37 bits per heavy atom. The number of anilines is 3. The molecule has 9 heteroatoms. The van der Waals surface area contributed by atoms with Crippen LogP contribution in [0.4, 0.5) is 17.1 Å². The monoisotopic (exact) mass is 495 g/mol. The predicted molar refractivity (Wildman–Crippen MR) is 137 cm³/mol. The molecule has 1 unspecified atom stereocenters. The molecule has 35 heavy (non-hydrogen) atoms. The Morgan fingerprint density at radius 2 is 1.66 bits per heavy atom. The highest BCUT2D eigenvalue weighted by molar-refractivity contribution is 7.93. The average molecular weight is 496 g/mol. The van der Waals surface area contributed by atoms with E-state index in [-0.39, 0.29) is 10.8 Å². The van der Waals surface area contributed by atoms with Gasteiger partial charge in [0.1, 0.15) is 16.4 Å². The van der Waals surface area contributed by atoms with Gasteiger partial charge in [-0.15, -0.1) is 0 Å². The van der Waals surface area contributed by atoms with E-state index in [1.807, 2.05) is 23.1 Å². The van der Waals surface area contributed by atoms with Gasteiger partial charge in [0.05, 0.1) is 18.5 Å². The summed E-state index contributed by atoms with van der Waals surface area (Å²) in [7, 11) is -2.51. The smallest absolute Gasteiger partial charge is 0.265 e. The number of amides is 1. The van der Waals surface area contributed by atoms with Crippen molar-refractivity contribution in [2.45, 2.75) is 30.8 Å². The van der Waals surface area contributed by atoms with Crippen molar-refractivity contribution in [1.29, 1.82) is 0 Å². The van der Waals surface area contributed by atoms with E-state index in [1.54, 1.807) is 55.5 Å². The fourth-order valence-corrected chi connectivity index (χ4v) is 5.28. The van der Waals surface area contributed by atoms with Gasteiger partial charge in [-0.1, -0.05) is 30.3 Å². The first-order valence-corrected chi connectivity index (χ1v) is 12.9. The first kappa shape index (κ1) is 24.4. The lowest BCUT2D eigenvalue weighted by Gasteiger charge is -2.23. The van der Waals surface area contributed by atoms with Gasteiger partial charge in [0.2, 0.25) is 0 Å². The van der Waals surface area contributed by atoms with E-state index < -0.39 is 16.1 Å². The van der Waals surface area contributed by atoms with E-state index in [2.05, 4.69) is 10.0 Å². The van der Waals surface area contributed by atoms with Crippen molar-refractivity contribution >= 4 is 33.0 Å². The van der Waals surface area contributed by atoms with Gasteiger partial charge in [-0.2, -0.15) is 0 Å². The number of methoxy groups -OCH3 is 1. The number of benzene rings is 3. The number of sulfonamides is 1. The minimum atomic E-state index is -4.00. The van der Waals surface area contributed by atoms with Crippen LogP contribution >= 0.6 is 0 Å². The third-order valence-electron chi connectivity index (χ3n) is 5.74. The van der Waals surface area contributed by atoms with Crippen LogP contribution in [0, 0.1) is 0 Å².